The van der Waals surface area contributed by atoms with Crippen molar-refractivity contribution in [2.24, 2.45) is 0 Å². The third-order valence-corrected chi connectivity index (χ3v) is 3.93. The van der Waals surface area contributed by atoms with Crippen LogP contribution >= 0.6 is 0 Å². The Labute approximate surface area is 125 Å². The van der Waals surface area contributed by atoms with Crippen LogP contribution < -0.4 is 0 Å². The minimum atomic E-state index is -0.286. The number of amides is 1. The van der Waals surface area contributed by atoms with E-state index in [1.165, 1.54) is 12.1 Å². The number of β-amino-alcohol motifs (C(OH)–C–C–N with tert-alkyl or cyclic N) is 1. The molecule has 0 saturated carbocycles. The van der Waals surface area contributed by atoms with E-state index < -0.39 is 0 Å². The third kappa shape index (κ3) is 4.79. The van der Waals surface area contributed by atoms with Crippen LogP contribution in [0.2, 0.25) is 0 Å². The molecule has 1 aromatic carbocycles. The Morgan fingerprint density at radius 3 is 2.43 bits per heavy atom. The lowest BCUT2D eigenvalue weighted by atomic mass is 10.1. The van der Waals surface area contributed by atoms with Crippen LogP contribution in [-0.4, -0.2) is 59.6 Å². The number of nitrogens with zero attached hydrogens (tertiary/aromatic N) is 2. The summed E-state index contributed by atoms with van der Waals surface area (Å²) in [7, 11) is 0. The van der Waals surface area contributed by atoms with Crippen LogP contribution in [0, 0.1) is 5.82 Å². The number of hydrogen-bond acceptors (Lipinski definition) is 3. The number of hydrogen-bond donors (Lipinski definition) is 1. The molecule has 1 aliphatic heterocycles. The van der Waals surface area contributed by atoms with E-state index in [-0.39, 0.29) is 17.8 Å². The smallest absolute Gasteiger partial charge is 0.227 e. The average Bonchev–Trinajstić information content (AvgIpc) is 2.50. The third-order valence-electron chi connectivity index (χ3n) is 3.93. The molecule has 1 amide bonds. The Kier molecular flexibility index (Phi) is 5.70. The van der Waals surface area contributed by atoms with Gasteiger partial charge in [0.1, 0.15) is 5.82 Å². The van der Waals surface area contributed by atoms with Gasteiger partial charge in [0, 0.05) is 32.7 Å². The topological polar surface area (TPSA) is 43.8 Å². The monoisotopic (exact) mass is 294 g/mol. The predicted molar refractivity (Wildman–Crippen MR) is 79.4 cm³/mol. The van der Waals surface area contributed by atoms with Crippen LogP contribution in [0.25, 0.3) is 0 Å². The first kappa shape index (κ1) is 15.9. The van der Waals surface area contributed by atoms with Gasteiger partial charge < -0.3 is 10.0 Å². The summed E-state index contributed by atoms with van der Waals surface area (Å²) in [6.45, 7) is 5.62. The highest BCUT2D eigenvalue weighted by Crippen LogP contribution is 2.09. The van der Waals surface area contributed by atoms with Crippen LogP contribution in [0.15, 0.2) is 24.3 Å². The number of benzene rings is 1. The van der Waals surface area contributed by atoms with E-state index in [4.69, 9.17) is 0 Å². The van der Waals surface area contributed by atoms with Crippen molar-refractivity contribution < 1.29 is 14.3 Å². The quantitative estimate of drug-likeness (QED) is 0.890. The molecule has 1 atom stereocenters. The average molecular weight is 294 g/mol. The second-order valence-electron chi connectivity index (χ2n) is 5.55. The molecule has 1 aromatic rings. The molecular formula is C16H23FN2O2. The Hall–Kier alpha value is -1.46. The maximum Gasteiger partial charge on any atom is 0.227 e. The lowest BCUT2D eigenvalue weighted by molar-refractivity contribution is -0.132. The SMILES string of the molecule is CC[C@@H](O)CN1CCN(C(=O)Cc2ccc(F)cc2)CC1. The molecule has 0 spiro atoms. The molecule has 21 heavy (non-hydrogen) atoms. The molecule has 1 N–H and O–H groups in total. The molecule has 0 radical (unpaired) electrons. The van der Waals surface area contributed by atoms with E-state index in [0.717, 1.165) is 25.1 Å². The number of rotatable bonds is 5. The largest absolute Gasteiger partial charge is 0.392 e. The zero-order chi connectivity index (χ0) is 15.2. The number of halogens is 1. The van der Waals surface area contributed by atoms with Crippen molar-refractivity contribution in [3.63, 3.8) is 0 Å². The van der Waals surface area contributed by atoms with Gasteiger partial charge in [-0.15, -0.1) is 0 Å². The second-order valence-corrected chi connectivity index (χ2v) is 5.55. The minimum absolute atomic E-state index is 0.0808. The van der Waals surface area contributed by atoms with Crippen LogP contribution in [0.5, 0.6) is 0 Å². The Morgan fingerprint density at radius 2 is 1.86 bits per heavy atom. The second kappa shape index (κ2) is 7.52. The molecule has 0 unspecified atom stereocenters. The molecule has 2 rings (SSSR count). The van der Waals surface area contributed by atoms with Gasteiger partial charge in [0.05, 0.1) is 12.5 Å². The number of carbonyl (C=O) groups is 1. The van der Waals surface area contributed by atoms with Gasteiger partial charge in [-0.1, -0.05) is 19.1 Å². The lowest BCUT2D eigenvalue weighted by Crippen LogP contribution is -2.50. The normalized spacial score (nSPS) is 17.8. The van der Waals surface area contributed by atoms with Gasteiger partial charge in [-0.3, -0.25) is 9.69 Å². The Balaban J connectivity index is 1.79. The maximum atomic E-state index is 12.8. The van der Waals surface area contributed by atoms with E-state index >= 15 is 0 Å². The van der Waals surface area contributed by atoms with Gasteiger partial charge in [0.2, 0.25) is 5.91 Å². The fraction of sp³-hybridized carbons (Fsp3) is 0.562. The van der Waals surface area contributed by atoms with Crippen LogP contribution in [0.4, 0.5) is 4.39 Å². The molecule has 1 fully saturated rings. The van der Waals surface area contributed by atoms with Gasteiger partial charge in [-0.25, -0.2) is 4.39 Å². The summed E-state index contributed by atoms with van der Waals surface area (Å²) in [5.74, 6) is -0.202. The first-order valence-electron chi connectivity index (χ1n) is 7.51. The van der Waals surface area contributed by atoms with E-state index in [0.29, 0.717) is 26.1 Å². The van der Waals surface area contributed by atoms with E-state index in [1.807, 2.05) is 11.8 Å². The molecule has 1 heterocycles. The summed E-state index contributed by atoms with van der Waals surface area (Å²) in [6, 6.07) is 6.07. The van der Waals surface area contributed by atoms with Crippen LogP contribution in [-0.2, 0) is 11.2 Å². The molecule has 5 heteroatoms. The molecule has 1 aliphatic rings. The molecule has 0 aliphatic carbocycles. The summed E-state index contributed by atoms with van der Waals surface area (Å²) < 4.78 is 12.8. The molecule has 0 bridgehead atoms. The summed E-state index contributed by atoms with van der Waals surface area (Å²) in [5, 5.41) is 9.65. The van der Waals surface area contributed by atoms with Crippen molar-refractivity contribution in [2.45, 2.75) is 25.9 Å². The van der Waals surface area contributed by atoms with E-state index in [9.17, 15) is 14.3 Å². The zero-order valence-corrected chi connectivity index (χ0v) is 12.5. The number of piperazine rings is 1. The minimum Gasteiger partial charge on any atom is -0.392 e. The zero-order valence-electron chi connectivity index (χ0n) is 12.5. The number of carbonyl (C=O) groups excluding carboxylic acids is 1. The first-order valence-corrected chi connectivity index (χ1v) is 7.51. The molecule has 0 aromatic heterocycles. The van der Waals surface area contributed by atoms with Gasteiger partial charge in [-0.2, -0.15) is 0 Å². The van der Waals surface area contributed by atoms with E-state index in [2.05, 4.69) is 4.90 Å². The van der Waals surface area contributed by atoms with Gasteiger partial charge in [-0.05, 0) is 24.1 Å². The highest BCUT2D eigenvalue weighted by Gasteiger charge is 2.22. The fourth-order valence-corrected chi connectivity index (χ4v) is 2.50. The predicted octanol–water partition coefficient (Wildman–Crippen LogP) is 1.28. The Bertz CT molecular complexity index is 456. The molecule has 4 nitrogen and oxygen atoms in total. The molecule has 1 saturated heterocycles. The highest BCUT2D eigenvalue weighted by molar-refractivity contribution is 5.78. The van der Waals surface area contributed by atoms with Gasteiger partial charge >= 0.3 is 0 Å². The maximum absolute atomic E-state index is 12.8. The van der Waals surface area contributed by atoms with Gasteiger partial charge in [0.15, 0.2) is 0 Å². The fourth-order valence-electron chi connectivity index (χ4n) is 2.50. The molecular weight excluding hydrogens is 271 g/mol. The van der Waals surface area contributed by atoms with Crippen molar-refractivity contribution in [2.75, 3.05) is 32.7 Å². The first-order chi connectivity index (χ1) is 10.1. The summed E-state index contributed by atoms with van der Waals surface area (Å²) in [4.78, 5) is 16.2. The van der Waals surface area contributed by atoms with Crippen molar-refractivity contribution >= 4 is 5.91 Å². The van der Waals surface area contributed by atoms with Gasteiger partial charge in [0.25, 0.3) is 0 Å². The summed E-state index contributed by atoms with van der Waals surface area (Å²) in [6.07, 6.45) is 0.785. The van der Waals surface area contributed by atoms with Crippen molar-refractivity contribution in [1.29, 1.82) is 0 Å². The van der Waals surface area contributed by atoms with E-state index in [1.54, 1.807) is 12.1 Å². The van der Waals surface area contributed by atoms with Crippen LogP contribution in [0.1, 0.15) is 18.9 Å². The molecule has 116 valence electrons. The van der Waals surface area contributed by atoms with Crippen molar-refractivity contribution in [3.05, 3.63) is 35.6 Å². The van der Waals surface area contributed by atoms with Crippen molar-refractivity contribution in [1.82, 2.24) is 9.80 Å². The standard InChI is InChI=1S/C16H23FN2O2/c1-2-15(20)12-18-7-9-19(10-8-18)16(21)11-13-3-5-14(17)6-4-13/h3-6,15,20H,2,7-12H2,1H3/t15-/m1/s1. The number of aliphatic hydroxyl groups is 1. The Morgan fingerprint density at radius 1 is 1.24 bits per heavy atom. The number of aliphatic hydroxyl groups excluding tert-OH is 1. The highest BCUT2D eigenvalue weighted by atomic mass is 19.1. The van der Waals surface area contributed by atoms with Crippen molar-refractivity contribution in [3.8, 4) is 0 Å². The van der Waals surface area contributed by atoms with Crippen LogP contribution in [0.3, 0.4) is 0 Å². The summed E-state index contributed by atoms with van der Waals surface area (Å²) in [5.41, 5.74) is 0.838. The lowest BCUT2D eigenvalue weighted by Gasteiger charge is -2.35. The summed E-state index contributed by atoms with van der Waals surface area (Å²) >= 11 is 0.